The van der Waals surface area contributed by atoms with Gasteiger partial charge >= 0.3 is 0 Å². The largest absolute Gasteiger partial charge is 0.165 e. The molecular formula is C11H16SSi. The summed E-state index contributed by atoms with van der Waals surface area (Å²) in [6.07, 6.45) is 1.43. The van der Waals surface area contributed by atoms with Crippen LogP contribution in [0.1, 0.15) is 6.42 Å². The Morgan fingerprint density at radius 2 is 2.00 bits per heavy atom. The highest BCUT2D eigenvalue weighted by Crippen LogP contribution is 2.25. The van der Waals surface area contributed by atoms with Gasteiger partial charge in [0.25, 0.3) is 0 Å². The van der Waals surface area contributed by atoms with Crippen molar-refractivity contribution in [1.29, 1.82) is 0 Å². The van der Waals surface area contributed by atoms with Crippen molar-refractivity contribution in [2.24, 2.45) is 0 Å². The number of hydrogen-bond acceptors (Lipinski definition) is 1. The van der Waals surface area contributed by atoms with E-state index in [1.165, 1.54) is 23.6 Å². The second-order valence-electron chi connectivity index (χ2n) is 4.08. The molecule has 0 N–H and O–H groups in total. The summed E-state index contributed by atoms with van der Waals surface area (Å²) >= 11 is 2.16. The Morgan fingerprint density at radius 3 is 2.62 bits per heavy atom. The lowest BCUT2D eigenvalue weighted by Crippen LogP contribution is -2.49. The predicted molar refractivity (Wildman–Crippen MR) is 64.4 cm³/mol. The summed E-state index contributed by atoms with van der Waals surface area (Å²) in [4.78, 5) is 0. The summed E-state index contributed by atoms with van der Waals surface area (Å²) in [6, 6.07) is 12.6. The standard InChI is InChI=1S/C11H16SSi/c1-13(9-5-8-12-10-13)11-6-3-2-4-7-11/h2-4,6-7H,5,8-10H2,1H3/t13-/m1/s1. The van der Waals surface area contributed by atoms with E-state index >= 15 is 0 Å². The van der Waals surface area contributed by atoms with E-state index in [1.54, 1.807) is 5.19 Å². The highest BCUT2D eigenvalue weighted by molar-refractivity contribution is 8.01. The zero-order valence-electron chi connectivity index (χ0n) is 8.12. The van der Waals surface area contributed by atoms with Crippen molar-refractivity contribution in [2.45, 2.75) is 19.0 Å². The van der Waals surface area contributed by atoms with Crippen LogP contribution in [0.3, 0.4) is 0 Å². The normalized spacial score (nSPS) is 28.7. The number of rotatable bonds is 1. The zero-order chi connectivity index (χ0) is 9.15. The summed E-state index contributed by atoms with van der Waals surface area (Å²) < 4.78 is 0. The first-order chi connectivity index (χ1) is 6.31. The molecule has 1 fully saturated rings. The Balaban J connectivity index is 2.23. The molecule has 2 heteroatoms. The average Bonchev–Trinajstić information content (AvgIpc) is 2.20. The van der Waals surface area contributed by atoms with Gasteiger partial charge in [0, 0.05) is 0 Å². The van der Waals surface area contributed by atoms with Crippen LogP contribution in [-0.4, -0.2) is 19.2 Å². The Bertz CT molecular complexity index is 265. The van der Waals surface area contributed by atoms with Gasteiger partial charge in [-0.15, -0.1) is 0 Å². The topological polar surface area (TPSA) is 0 Å². The molecule has 1 heterocycles. The van der Waals surface area contributed by atoms with Crippen LogP contribution in [0.5, 0.6) is 0 Å². The van der Waals surface area contributed by atoms with Gasteiger partial charge in [-0.3, -0.25) is 0 Å². The lowest BCUT2D eigenvalue weighted by molar-refractivity contribution is 1.05. The van der Waals surface area contributed by atoms with E-state index in [9.17, 15) is 0 Å². The molecule has 0 radical (unpaired) electrons. The molecule has 70 valence electrons. The molecule has 0 nitrogen and oxygen atoms in total. The summed E-state index contributed by atoms with van der Waals surface area (Å²) in [5.41, 5.74) is 0. The molecule has 13 heavy (non-hydrogen) atoms. The van der Waals surface area contributed by atoms with Crippen molar-refractivity contribution in [3.8, 4) is 0 Å². The molecule has 1 aliphatic rings. The van der Waals surface area contributed by atoms with Gasteiger partial charge in [0.2, 0.25) is 0 Å². The van der Waals surface area contributed by atoms with Gasteiger partial charge in [0.15, 0.2) is 0 Å². The van der Waals surface area contributed by atoms with Gasteiger partial charge in [-0.05, 0) is 17.5 Å². The zero-order valence-corrected chi connectivity index (χ0v) is 9.94. The van der Waals surface area contributed by atoms with E-state index < -0.39 is 8.07 Å². The summed E-state index contributed by atoms with van der Waals surface area (Å²) in [7, 11) is -1.05. The maximum Gasteiger partial charge on any atom is 0.0934 e. The van der Waals surface area contributed by atoms with Crippen molar-refractivity contribution in [1.82, 2.24) is 0 Å². The number of hydrogen-bond donors (Lipinski definition) is 0. The highest BCUT2D eigenvalue weighted by atomic mass is 32.2. The second-order valence-corrected chi connectivity index (χ2v) is 10.3. The van der Waals surface area contributed by atoms with Gasteiger partial charge in [0.05, 0.1) is 8.07 Å². The second kappa shape index (κ2) is 3.89. The summed E-state index contributed by atoms with van der Waals surface area (Å²) in [5.74, 6) is 1.38. The molecule has 0 spiro atoms. The van der Waals surface area contributed by atoms with Gasteiger partial charge in [-0.2, -0.15) is 11.8 Å². The van der Waals surface area contributed by atoms with Crippen LogP contribution in [0.2, 0.25) is 12.6 Å². The third-order valence-corrected chi connectivity index (χ3v) is 10.0. The molecule has 0 saturated carbocycles. The van der Waals surface area contributed by atoms with E-state index in [1.807, 2.05) is 0 Å². The lowest BCUT2D eigenvalue weighted by Gasteiger charge is -2.31. The van der Waals surface area contributed by atoms with Crippen LogP contribution in [0.15, 0.2) is 30.3 Å². The van der Waals surface area contributed by atoms with Gasteiger partial charge in [-0.25, -0.2) is 0 Å². The van der Waals surface area contributed by atoms with Gasteiger partial charge < -0.3 is 0 Å². The Labute approximate surface area is 85.8 Å². The molecular weight excluding hydrogens is 192 g/mol. The molecule has 1 atom stereocenters. The molecule has 0 aromatic heterocycles. The van der Waals surface area contributed by atoms with Gasteiger partial charge in [-0.1, -0.05) is 48.1 Å². The van der Waals surface area contributed by atoms with Crippen LogP contribution in [0, 0.1) is 0 Å². The number of benzene rings is 1. The fourth-order valence-electron chi connectivity index (χ4n) is 2.00. The predicted octanol–water partition coefficient (Wildman–Crippen LogP) is 2.65. The molecule has 0 unspecified atom stereocenters. The SMILES string of the molecule is C[Si@@]1(c2ccccc2)CCCSC1. The summed E-state index contributed by atoms with van der Waals surface area (Å²) in [6.45, 7) is 2.54. The fraction of sp³-hybridized carbons (Fsp3) is 0.455. The van der Waals surface area contributed by atoms with Crippen LogP contribution >= 0.6 is 11.8 Å². The third-order valence-electron chi connectivity index (χ3n) is 2.91. The minimum atomic E-state index is -1.05. The maximum atomic E-state index is 2.54. The third kappa shape index (κ3) is 2.00. The van der Waals surface area contributed by atoms with Crippen LogP contribution < -0.4 is 5.19 Å². The minimum absolute atomic E-state index is 1.05. The van der Waals surface area contributed by atoms with E-state index in [-0.39, 0.29) is 0 Å². The van der Waals surface area contributed by atoms with E-state index in [0.717, 1.165) is 0 Å². The molecule has 1 aromatic rings. The lowest BCUT2D eigenvalue weighted by atomic mass is 10.4. The molecule has 0 amide bonds. The van der Waals surface area contributed by atoms with E-state index in [0.29, 0.717) is 0 Å². The smallest absolute Gasteiger partial charge is 0.0934 e. The Morgan fingerprint density at radius 1 is 1.23 bits per heavy atom. The van der Waals surface area contributed by atoms with Gasteiger partial charge in [0.1, 0.15) is 0 Å². The van der Waals surface area contributed by atoms with Crippen molar-refractivity contribution in [2.75, 3.05) is 11.1 Å². The van der Waals surface area contributed by atoms with E-state index in [4.69, 9.17) is 0 Å². The van der Waals surface area contributed by atoms with Crippen molar-refractivity contribution in [3.63, 3.8) is 0 Å². The molecule has 1 saturated heterocycles. The minimum Gasteiger partial charge on any atom is -0.165 e. The Hall–Kier alpha value is -0.213. The quantitative estimate of drug-likeness (QED) is 0.639. The van der Waals surface area contributed by atoms with Crippen LogP contribution in [0.4, 0.5) is 0 Å². The van der Waals surface area contributed by atoms with E-state index in [2.05, 4.69) is 48.6 Å². The van der Waals surface area contributed by atoms with Crippen LogP contribution in [-0.2, 0) is 0 Å². The first-order valence-electron chi connectivity index (χ1n) is 4.95. The fourth-order valence-corrected chi connectivity index (χ4v) is 8.47. The molecule has 0 bridgehead atoms. The summed E-state index contributed by atoms with van der Waals surface area (Å²) in [5, 5.41) is 3.08. The van der Waals surface area contributed by atoms with Crippen molar-refractivity contribution >= 4 is 25.0 Å². The first kappa shape index (κ1) is 9.35. The molecule has 2 rings (SSSR count). The van der Waals surface area contributed by atoms with Crippen LogP contribution in [0.25, 0.3) is 0 Å². The van der Waals surface area contributed by atoms with Crippen molar-refractivity contribution in [3.05, 3.63) is 30.3 Å². The van der Waals surface area contributed by atoms with Crippen molar-refractivity contribution < 1.29 is 0 Å². The molecule has 1 aliphatic heterocycles. The molecule has 0 aliphatic carbocycles. The molecule has 1 aromatic carbocycles. The monoisotopic (exact) mass is 208 g/mol. The number of thioether (sulfide) groups is 1. The average molecular weight is 208 g/mol. The Kier molecular flexibility index (Phi) is 2.79. The highest BCUT2D eigenvalue weighted by Gasteiger charge is 2.31. The first-order valence-corrected chi connectivity index (χ1v) is 9.01. The maximum absolute atomic E-state index is 2.54.